The number of fused-ring (bicyclic) bond motifs is 1. The van der Waals surface area contributed by atoms with Gasteiger partial charge in [-0.1, -0.05) is 26.0 Å². The maximum Gasteiger partial charge on any atom is 0.308 e. The smallest absolute Gasteiger partial charge is 0.308 e. The van der Waals surface area contributed by atoms with E-state index in [0.717, 1.165) is 18.4 Å². The van der Waals surface area contributed by atoms with Crippen LogP contribution in [-0.2, 0) is 28.9 Å². The van der Waals surface area contributed by atoms with Crippen LogP contribution in [-0.4, -0.2) is 22.0 Å². The number of thiazole rings is 1. The summed E-state index contributed by atoms with van der Waals surface area (Å²) < 4.78 is 0. The molecule has 0 atom stereocenters. The summed E-state index contributed by atoms with van der Waals surface area (Å²) in [5.41, 5.74) is 4.31. The van der Waals surface area contributed by atoms with Crippen LogP contribution in [0, 0.1) is 5.92 Å². The van der Waals surface area contributed by atoms with E-state index in [1.165, 1.54) is 35.3 Å². The van der Waals surface area contributed by atoms with Crippen molar-refractivity contribution in [1.29, 1.82) is 0 Å². The number of carboxylic acids is 1. The Balaban J connectivity index is 1.91. The summed E-state index contributed by atoms with van der Waals surface area (Å²) in [6.07, 6.45) is 4.89. The molecule has 5 nitrogen and oxygen atoms in total. The Labute approximate surface area is 157 Å². The van der Waals surface area contributed by atoms with Gasteiger partial charge in [-0.05, 0) is 48.8 Å². The first kappa shape index (κ1) is 18.6. The van der Waals surface area contributed by atoms with Gasteiger partial charge in [-0.3, -0.25) is 9.59 Å². The summed E-state index contributed by atoms with van der Waals surface area (Å²) in [6.45, 7) is 3.96. The van der Waals surface area contributed by atoms with Gasteiger partial charge in [0.1, 0.15) is 0 Å². The average Bonchev–Trinajstić information content (AvgIpc) is 2.95. The van der Waals surface area contributed by atoms with E-state index in [1.54, 1.807) is 0 Å². The second-order valence-corrected chi connectivity index (χ2v) is 8.28. The highest BCUT2D eigenvalue weighted by Gasteiger charge is 2.19. The number of hydrogen-bond acceptors (Lipinski definition) is 4. The zero-order valence-corrected chi connectivity index (χ0v) is 16.0. The Bertz CT molecular complexity index is 826. The van der Waals surface area contributed by atoms with Gasteiger partial charge in [-0.2, -0.15) is 0 Å². The molecule has 0 fully saturated rings. The molecule has 0 bridgehead atoms. The molecule has 1 aliphatic carbocycles. The molecule has 0 spiro atoms. The molecule has 2 aromatic rings. The van der Waals surface area contributed by atoms with Crippen LogP contribution in [0.5, 0.6) is 0 Å². The number of aryl methyl sites for hydroxylation is 2. The molecule has 0 saturated heterocycles. The van der Waals surface area contributed by atoms with E-state index in [1.807, 2.05) is 19.9 Å². The van der Waals surface area contributed by atoms with Gasteiger partial charge in [0.15, 0.2) is 5.13 Å². The van der Waals surface area contributed by atoms with Gasteiger partial charge in [0.2, 0.25) is 5.91 Å². The number of aromatic nitrogens is 1. The maximum absolute atomic E-state index is 12.0. The van der Waals surface area contributed by atoms with Gasteiger partial charge in [-0.25, -0.2) is 4.98 Å². The number of hydrogen-bond donors (Lipinski definition) is 2. The van der Waals surface area contributed by atoms with Crippen molar-refractivity contribution in [1.82, 2.24) is 4.98 Å². The van der Waals surface area contributed by atoms with Crippen molar-refractivity contribution in [2.24, 2.45) is 5.92 Å². The first-order valence-electron chi connectivity index (χ1n) is 9.06. The minimum Gasteiger partial charge on any atom is -0.481 e. The third-order valence-corrected chi connectivity index (χ3v) is 5.44. The van der Waals surface area contributed by atoms with Gasteiger partial charge in [0.05, 0.1) is 12.1 Å². The van der Waals surface area contributed by atoms with E-state index in [9.17, 15) is 14.7 Å². The summed E-state index contributed by atoms with van der Waals surface area (Å²) in [5, 5.41) is 12.5. The van der Waals surface area contributed by atoms with Crippen molar-refractivity contribution in [2.45, 2.75) is 52.4 Å². The fourth-order valence-corrected chi connectivity index (χ4v) is 4.30. The highest BCUT2D eigenvalue weighted by atomic mass is 32.1. The van der Waals surface area contributed by atoms with Crippen molar-refractivity contribution < 1.29 is 14.7 Å². The van der Waals surface area contributed by atoms with E-state index in [0.29, 0.717) is 22.1 Å². The standard InChI is InChI=1S/C20H24N2O3S/c1-12(2)9-17(23)21-20-22-19(16(26-20)11-18(24)25)15-8-7-13-5-3-4-6-14(13)10-15/h7-8,10,12H,3-6,9,11H2,1-2H3,(H,24,25)(H,21,22,23). The molecule has 138 valence electrons. The summed E-state index contributed by atoms with van der Waals surface area (Å²) in [5.74, 6) is -0.728. The number of carbonyl (C=O) groups excluding carboxylic acids is 1. The van der Waals surface area contributed by atoms with Crippen LogP contribution in [0.3, 0.4) is 0 Å². The molecule has 1 amide bonds. The van der Waals surface area contributed by atoms with Gasteiger partial charge in [-0.15, -0.1) is 11.3 Å². The minimum absolute atomic E-state index is 0.0902. The monoisotopic (exact) mass is 372 g/mol. The Morgan fingerprint density at radius 2 is 1.96 bits per heavy atom. The lowest BCUT2D eigenvalue weighted by Crippen LogP contribution is -2.13. The number of nitrogens with zero attached hydrogens (tertiary/aromatic N) is 1. The van der Waals surface area contributed by atoms with Gasteiger partial charge < -0.3 is 10.4 Å². The first-order valence-corrected chi connectivity index (χ1v) is 9.87. The van der Waals surface area contributed by atoms with Crippen LogP contribution in [0.4, 0.5) is 5.13 Å². The lowest BCUT2D eigenvalue weighted by molar-refractivity contribution is -0.136. The quantitative estimate of drug-likeness (QED) is 0.792. The number of carboxylic acid groups (broad SMARTS) is 1. The molecular formula is C20H24N2O3S. The van der Waals surface area contributed by atoms with Gasteiger partial charge >= 0.3 is 5.97 Å². The topological polar surface area (TPSA) is 79.3 Å². The summed E-state index contributed by atoms with van der Waals surface area (Å²) >= 11 is 1.25. The third kappa shape index (κ3) is 4.49. The fourth-order valence-electron chi connectivity index (χ4n) is 3.31. The molecule has 1 aromatic heterocycles. The Kier molecular flexibility index (Phi) is 5.71. The largest absolute Gasteiger partial charge is 0.481 e. The van der Waals surface area contributed by atoms with Crippen LogP contribution in [0.1, 0.15) is 49.1 Å². The molecule has 26 heavy (non-hydrogen) atoms. The molecule has 1 aromatic carbocycles. The number of aliphatic carboxylic acids is 1. The van der Waals surface area contributed by atoms with Crippen LogP contribution in [0.2, 0.25) is 0 Å². The number of nitrogens with one attached hydrogen (secondary N) is 1. The van der Waals surface area contributed by atoms with E-state index in [-0.39, 0.29) is 18.2 Å². The summed E-state index contributed by atoms with van der Waals surface area (Å²) in [4.78, 5) is 28.5. The molecule has 0 aliphatic heterocycles. The molecule has 2 N–H and O–H groups in total. The molecule has 3 rings (SSSR count). The molecular weight excluding hydrogens is 348 g/mol. The van der Waals surface area contributed by atoms with Crippen molar-refractivity contribution in [2.75, 3.05) is 5.32 Å². The SMILES string of the molecule is CC(C)CC(=O)Nc1nc(-c2ccc3c(c2)CCCC3)c(CC(=O)O)s1. The first-order chi connectivity index (χ1) is 12.4. The van der Waals surface area contributed by atoms with Crippen molar-refractivity contribution in [3.8, 4) is 11.3 Å². The second kappa shape index (κ2) is 7.99. The van der Waals surface area contributed by atoms with E-state index in [4.69, 9.17) is 0 Å². The van der Waals surface area contributed by atoms with Gasteiger partial charge in [0, 0.05) is 16.9 Å². The highest BCUT2D eigenvalue weighted by Crippen LogP contribution is 2.34. The minimum atomic E-state index is -0.895. The maximum atomic E-state index is 12.0. The summed E-state index contributed by atoms with van der Waals surface area (Å²) in [7, 11) is 0. The number of rotatable bonds is 6. The molecule has 0 radical (unpaired) electrons. The highest BCUT2D eigenvalue weighted by molar-refractivity contribution is 7.16. The van der Waals surface area contributed by atoms with E-state index >= 15 is 0 Å². The van der Waals surface area contributed by atoms with Crippen molar-refractivity contribution >= 4 is 28.3 Å². The number of anilines is 1. The molecule has 0 unspecified atom stereocenters. The molecule has 6 heteroatoms. The Morgan fingerprint density at radius 1 is 1.23 bits per heavy atom. The van der Waals surface area contributed by atoms with Crippen LogP contribution in [0.15, 0.2) is 18.2 Å². The average molecular weight is 372 g/mol. The van der Waals surface area contributed by atoms with E-state index < -0.39 is 5.97 Å². The molecule has 0 saturated carbocycles. The fraction of sp³-hybridized carbons (Fsp3) is 0.450. The summed E-state index contributed by atoms with van der Waals surface area (Å²) in [6, 6.07) is 6.28. The zero-order chi connectivity index (χ0) is 18.7. The van der Waals surface area contributed by atoms with Crippen LogP contribution in [0.25, 0.3) is 11.3 Å². The Morgan fingerprint density at radius 3 is 2.65 bits per heavy atom. The molecule has 1 heterocycles. The van der Waals surface area contributed by atoms with Crippen molar-refractivity contribution in [3.05, 3.63) is 34.2 Å². The zero-order valence-electron chi connectivity index (χ0n) is 15.2. The predicted molar refractivity (Wildman–Crippen MR) is 104 cm³/mol. The number of amides is 1. The number of carbonyl (C=O) groups is 2. The normalized spacial score (nSPS) is 13.5. The third-order valence-electron chi connectivity index (χ3n) is 4.47. The van der Waals surface area contributed by atoms with Gasteiger partial charge in [0.25, 0.3) is 0 Å². The lowest BCUT2D eigenvalue weighted by Gasteiger charge is -2.16. The predicted octanol–water partition coefficient (Wildman–Crippen LogP) is 4.30. The van der Waals surface area contributed by atoms with Crippen molar-refractivity contribution in [3.63, 3.8) is 0 Å². The van der Waals surface area contributed by atoms with Crippen LogP contribution >= 0.6 is 11.3 Å². The van der Waals surface area contributed by atoms with Crippen LogP contribution < -0.4 is 5.32 Å². The Hall–Kier alpha value is -2.21. The van der Waals surface area contributed by atoms with E-state index in [2.05, 4.69) is 22.4 Å². The lowest BCUT2D eigenvalue weighted by atomic mass is 9.90. The second-order valence-electron chi connectivity index (χ2n) is 7.20. The number of benzene rings is 1. The molecule has 1 aliphatic rings.